The van der Waals surface area contributed by atoms with Gasteiger partial charge in [-0.2, -0.15) is 0 Å². The van der Waals surface area contributed by atoms with Crippen LogP contribution in [0, 0.1) is 0 Å². The minimum atomic E-state index is -0.270. The van der Waals surface area contributed by atoms with Crippen molar-refractivity contribution in [3.63, 3.8) is 0 Å². The van der Waals surface area contributed by atoms with Crippen molar-refractivity contribution in [2.45, 2.75) is 105 Å². The van der Waals surface area contributed by atoms with E-state index in [0.717, 1.165) is 61.9 Å². The van der Waals surface area contributed by atoms with Gasteiger partial charge in [0.1, 0.15) is 23.3 Å². The number of hydrogen-bond donors (Lipinski definition) is 0. The summed E-state index contributed by atoms with van der Waals surface area (Å²) < 4.78 is 0. The number of aromatic nitrogens is 9. The molecule has 0 aliphatic rings. The zero-order valence-corrected chi connectivity index (χ0v) is 34.7. The number of benzene rings is 4. The third-order valence-electron chi connectivity index (χ3n) is 9.38. The average molecular weight is 742 g/mol. The van der Waals surface area contributed by atoms with E-state index in [1.165, 1.54) is 0 Å². The molecule has 0 radical (unpaired) electrons. The predicted octanol–water partition coefficient (Wildman–Crippen LogP) is 10.9. The lowest BCUT2D eigenvalue weighted by Gasteiger charge is -2.23. The van der Waals surface area contributed by atoms with Gasteiger partial charge in [0, 0.05) is 49.5 Å². The molecule has 0 N–H and O–H groups in total. The van der Waals surface area contributed by atoms with Crippen LogP contribution in [0.15, 0.2) is 91.0 Å². The van der Waals surface area contributed by atoms with Gasteiger partial charge in [0.25, 0.3) is 0 Å². The monoisotopic (exact) mass is 741 g/mol. The smallest absolute Gasteiger partial charge is 0.164 e. The van der Waals surface area contributed by atoms with Crippen LogP contribution in [-0.2, 0) is 21.7 Å². The fourth-order valence-electron chi connectivity index (χ4n) is 6.09. The predicted molar refractivity (Wildman–Crippen MR) is 226 cm³/mol. The summed E-state index contributed by atoms with van der Waals surface area (Å²) in [5, 5.41) is 2.05. The van der Waals surface area contributed by atoms with Gasteiger partial charge in [0.15, 0.2) is 29.1 Å². The van der Waals surface area contributed by atoms with Crippen LogP contribution in [-0.4, -0.2) is 44.9 Å². The van der Waals surface area contributed by atoms with E-state index >= 15 is 0 Å². The molecule has 4 aromatic carbocycles. The van der Waals surface area contributed by atoms with Gasteiger partial charge in [-0.15, -0.1) is 0 Å². The summed E-state index contributed by atoms with van der Waals surface area (Å²) in [6.45, 7) is 25.5. The van der Waals surface area contributed by atoms with Crippen molar-refractivity contribution in [3.8, 4) is 56.9 Å². The fourth-order valence-corrected chi connectivity index (χ4v) is 6.09. The second-order valence-corrected chi connectivity index (χ2v) is 18.6. The van der Waals surface area contributed by atoms with Gasteiger partial charge in [-0.3, -0.25) is 0 Å². The van der Waals surface area contributed by atoms with Crippen molar-refractivity contribution in [1.82, 2.24) is 44.9 Å². The Hall–Kier alpha value is -5.83. The molecule has 7 rings (SSSR count). The van der Waals surface area contributed by atoms with Crippen LogP contribution >= 0.6 is 0 Å². The molecule has 0 saturated heterocycles. The molecule has 3 aromatic heterocycles. The summed E-state index contributed by atoms with van der Waals surface area (Å²) in [6, 6.07) is 30.7. The summed E-state index contributed by atoms with van der Waals surface area (Å²) in [6.07, 6.45) is 0. The molecule has 9 nitrogen and oxygen atoms in total. The molecule has 7 aromatic rings. The number of hydrogen-bond acceptors (Lipinski definition) is 9. The lowest BCUT2D eigenvalue weighted by molar-refractivity contribution is 0.497. The van der Waals surface area contributed by atoms with Crippen LogP contribution in [0.1, 0.15) is 106 Å². The van der Waals surface area contributed by atoms with E-state index in [1.54, 1.807) is 0 Å². The molecule has 0 unspecified atom stereocenters. The Morgan fingerprint density at radius 2 is 0.661 bits per heavy atom. The average Bonchev–Trinajstić information content (AvgIpc) is 3.16. The molecule has 284 valence electrons. The number of fused-ring (bicyclic) bond motifs is 1. The molecule has 3 heterocycles. The number of nitrogens with zero attached hydrogens (tertiary/aromatic N) is 9. The van der Waals surface area contributed by atoms with E-state index in [1.807, 2.05) is 66.7 Å². The maximum atomic E-state index is 5.18. The molecule has 9 heteroatoms. The Kier molecular flexibility index (Phi) is 9.63. The zero-order valence-electron chi connectivity index (χ0n) is 34.7. The molecule has 0 amide bonds. The molecule has 0 atom stereocenters. The maximum Gasteiger partial charge on any atom is 0.164 e. The highest BCUT2D eigenvalue weighted by Gasteiger charge is 2.27. The summed E-state index contributed by atoms with van der Waals surface area (Å²) in [5.41, 5.74) is 3.35. The molecule has 56 heavy (non-hydrogen) atoms. The van der Waals surface area contributed by atoms with Gasteiger partial charge >= 0.3 is 0 Å². The van der Waals surface area contributed by atoms with Crippen LogP contribution in [0.4, 0.5) is 0 Å². The number of rotatable bonds is 5. The molecular weight excluding hydrogens is 691 g/mol. The van der Waals surface area contributed by atoms with Crippen LogP contribution in [0.3, 0.4) is 0 Å². The largest absolute Gasteiger partial charge is 0.217 e. The van der Waals surface area contributed by atoms with Crippen molar-refractivity contribution in [2.24, 2.45) is 0 Å². The van der Waals surface area contributed by atoms with Crippen molar-refractivity contribution < 1.29 is 0 Å². The SMILES string of the molecule is CC(C)(C)c1nc(-c2ccc(-c3nc(-c4ccccc4)nc(-c4cc(-c5nc(C(C)(C)C)nc(C(C)(C)C)n5)cc5ccccc45)n3)cc2)nc(C(C)(C)C)n1. The Morgan fingerprint density at radius 1 is 0.304 bits per heavy atom. The van der Waals surface area contributed by atoms with Crippen LogP contribution in [0.2, 0.25) is 0 Å². The molecular formula is C47H51N9. The van der Waals surface area contributed by atoms with E-state index in [9.17, 15) is 0 Å². The van der Waals surface area contributed by atoms with Gasteiger partial charge in [-0.1, -0.05) is 162 Å². The van der Waals surface area contributed by atoms with Gasteiger partial charge in [-0.05, 0) is 22.9 Å². The van der Waals surface area contributed by atoms with Crippen molar-refractivity contribution in [1.29, 1.82) is 0 Å². The molecule has 0 spiro atoms. The third-order valence-corrected chi connectivity index (χ3v) is 9.38. The summed E-state index contributed by atoms with van der Waals surface area (Å²) >= 11 is 0. The van der Waals surface area contributed by atoms with Crippen LogP contribution < -0.4 is 0 Å². The zero-order chi connectivity index (χ0) is 40.2. The van der Waals surface area contributed by atoms with E-state index < -0.39 is 0 Å². The molecule has 0 aliphatic heterocycles. The van der Waals surface area contributed by atoms with Gasteiger partial charge < -0.3 is 0 Å². The van der Waals surface area contributed by atoms with E-state index in [2.05, 4.69) is 107 Å². The highest BCUT2D eigenvalue weighted by molar-refractivity contribution is 5.98. The molecule has 0 saturated carbocycles. The van der Waals surface area contributed by atoms with Gasteiger partial charge in [-0.25, -0.2) is 44.9 Å². The highest BCUT2D eigenvalue weighted by atomic mass is 15.1. The third kappa shape index (κ3) is 8.08. The van der Waals surface area contributed by atoms with E-state index in [0.29, 0.717) is 29.1 Å². The molecule has 0 bridgehead atoms. The summed E-state index contributed by atoms with van der Waals surface area (Å²) in [5.74, 6) is 5.99. The second-order valence-electron chi connectivity index (χ2n) is 18.6. The Labute approximate surface area is 330 Å². The van der Waals surface area contributed by atoms with Crippen molar-refractivity contribution in [2.75, 3.05) is 0 Å². The van der Waals surface area contributed by atoms with E-state index in [-0.39, 0.29) is 21.7 Å². The Morgan fingerprint density at radius 3 is 1.11 bits per heavy atom. The first kappa shape index (κ1) is 38.4. The first-order valence-electron chi connectivity index (χ1n) is 19.2. The first-order chi connectivity index (χ1) is 26.2. The molecule has 0 aliphatic carbocycles. The standard InChI is InChI=1S/C47H51N9/c1-44(2,3)40-51-37(52-41(55-40)45(4,5)6)30-24-22-29(23-25-30)36-48-35(28-18-14-13-15-19-28)49-39(50-36)34-27-32(26-31-20-16-17-21-33(31)34)38-53-42(46(7,8)9)56-43(54-38)47(10,11)12/h13-27H,1-12H3. The quantitative estimate of drug-likeness (QED) is 0.170. The lowest BCUT2D eigenvalue weighted by atomic mass is 9.92. The van der Waals surface area contributed by atoms with Crippen molar-refractivity contribution >= 4 is 10.8 Å². The van der Waals surface area contributed by atoms with Crippen molar-refractivity contribution in [3.05, 3.63) is 114 Å². The summed E-state index contributed by atoms with van der Waals surface area (Å²) in [4.78, 5) is 45.0. The lowest BCUT2D eigenvalue weighted by Crippen LogP contribution is -2.24. The summed E-state index contributed by atoms with van der Waals surface area (Å²) in [7, 11) is 0. The second kappa shape index (κ2) is 14.0. The fraction of sp³-hybridized carbons (Fsp3) is 0.340. The Bertz CT molecular complexity index is 2490. The highest BCUT2D eigenvalue weighted by Crippen LogP contribution is 2.35. The first-order valence-corrected chi connectivity index (χ1v) is 19.2. The minimum Gasteiger partial charge on any atom is -0.217 e. The van der Waals surface area contributed by atoms with Crippen LogP contribution in [0.5, 0.6) is 0 Å². The van der Waals surface area contributed by atoms with Gasteiger partial charge in [0.05, 0.1) is 0 Å². The van der Waals surface area contributed by atoms with E-state index in [4.69, 9.17) is 44.9 Å². The molecule has 0 fully saturated rings. The Balaban J connectivity index is 1.40. The maximum absolute atomic E-state index is 5.18. The topological polar surface area (TPSA) is 116 Å². The normalized spacial score (nSPS) is 12.6. The van der Waals surface area contributed by atoms with Crippen LogP contribution in [0.25, 0.3) is 67.7 Å². The minimum absolute atomic E-state index is 0.235. The van der Waals surface area contributed by atoms with Gasteiger partial charge in [0.2, 0.25) is 0 Å².